The summed E-state index contributed by atoms with van der Waals surface area (Å²) in [4.78, 5) is 12.3. The number of hydrogen-bond acceptors (Lipinski definition) is 7. The Kier molecular flexibility index (Phi) is 14.1. The average molecular weight is 623 g/mol. The summed E-state index contributed by atoms with van der Waals surface area (Å²) >= 11 is 0. The largest absolute Gasteiger partial charge is 0.489 e. The fraction of sp³-hybridized carbons (Fsp3) is 0.472. The van der Waals surface area contributed by atoms with Crippen molar-refractivity contribution in [2.75, 3.05) is 20.3 Å². The first-order valence-corrected chi connectivity index (χ1v) is 18.2. The molecule has 0 aromatic heterocycles. The summed E-state index contributed by atoms with van der Waals surface area (Å²) in [7, 11) is -0.771. The fourth-order valence-electron chi connectivity index (χ4n) is 4.38. The molecule has 7 nitrogen and oxygen atoms in total. The van der Waals surface area contributed by atoms with Gasteiger partial charge in [-0.25, -0.2) is 4.79 Å². The molecular weight excluding hydrogens is 572 g/mol. The highest BCUT2D eigenvalue weighted by molar-refractivity contribution is 6.74. The molecular formula is C36H50O7Si. The van der Waals surface area contributed by atoms with Gasteiger partial charge in [-0.05, 0) is 35.7 Å². The van der Waals surface area contributed by atoms with Crippen molar-refractivity contribution in [3.8, 4) is 0 Å². The van der Waals surface area contributed by atoms with Gasteiger partial charge >= 0.3 is 5.97 Å². The van der Waals surface area contributed by atoms with Gasteiger partial charge in [0.15, 0.2) is 8.32 Å². The molecule has 0 N–H and O–H groups in total. The van der Waals surface area contributed by atoms with Crippen molar-refractivity contribution in [1.29, 1.82) is 0 Å². The third-order valence-electron chi connectivity index (χ3n) is 8.11. The van der Waals surface area contributed by atoms with Crippen LogP contribution in [-0.2, 0) is 46.1 Å². The van der Waals surface area contributed by atoms with Crippen molar-refractivity contribution < 1.29 is 32.9 Å². The number of methoxy groups -OCH3 is 1. The number of benzene rings is 2. The first-order chi connectivity index (χ1) is 21.0. The molecule has 0 bridgehead atoms. The van der Waals surface area contributed by atoms with Gasteiger partial charge in [-0.2, -0.15) is 0 Å². The number of ether oxygens (including phenoxy) is 5. The van der Waals surface area contributed by atoms with Crippen LogP contribution in [0.1, 0.15) is 44.7 Å². The summed E-state index contributed by atoms with van der Waals surface area (Å²) in [5.74, 6) is -0.112. The minimum atomic E-state index is -2.12. The second kappa shape index (κ2) is 17.5. The number of hydrogen-bond donors (Lipinski definition) is 0. The second-order valence-electron chi connectivity index (χ2n) is 12.5. The molecule has 1 heterocycles. The molecule has 0 amide bonds. The first-order valence-electron chi connectivity index (χ1n) is 15.3. The minimum Gasteiger partial charge on any atom is -0.489 e. The molecule has 0 unspecified atom stereocenters. The molecule has 1 aliphatic heterocycles. The maximum absolute atomic E-state index is 12.3. The zero-order chi connectivity index (χ0) is 32.0. The van der Waals surface area contributed by atoms with Gasteiger partial charge < -0.3 is 28.1 Å². The van der Waals surface area contributed by atoms with Gasteiger partial charge in [0.25, 0.3) is 0 Å². The lowest BCUT2D eigenvalue weighted by molar-refractivity contribution is -0.146. The van der Waals surface area contributed by atoms with E-state index in [2.05, 4.69) is 52.6 Å². The van der Waals surface area contributed by atoms with Crippen LogP contribution in [0.3, 0.4) is 0 Å². The van der Waals surface area contributed by atoms with E-state index in [1.165, 1.54) is 13.2 Å². The van der Waals surface area contributed by atoms with Crippen molar-refractivity contribution in [2.45, 2.75) is 89.4 Å². The summed E-state index contributed by atoms with van der Waals surface area (Å²) in [6.45, 7) is 16.3. The van der Waals surface area contributed by atoms with Gasteiger partial charge in [-0.3, -0.25) is 0 Å². The maximum Gasteiger partial charge on any atom is 0.333 e. The molecule has 8 heteroatoms. The Labute approximate surface area is 265 Å². The van der Waals surface area contributed by atoms with Crippen molar-refractivity contribution >= 4 is 14.3 Å². The Morgan fingerprint density at radius 3 is 2.11 bits per heavy atom. The monoisotopic (exact) mass is 622 g/mol. The number of carbonyl (C=O) groups excluding carboxylic acids is 1. The molecule has 1 aliphatic rings. The lowest BCUT2D eigenvalue weighted by atomic mass is 10.1. The molecule has 2 aromatic carbocycles. The van der Waals surface area contributed by atoms with Crippen LogP contribution in [0.25, 0.3) is 0 Å². The number of esters is 1. The van der Waals surface area contributed by atoms with Gasteiger partial charge in [0.05, 0.1) is 45.7 Å². The van der Waals surface area contributed by atoms with Crippen LogP contribution in [0.5, 0.6) is 0 Å². The Hall–Kier alpha value is -3.01. The van der Waals surface area contributed by atoms with Crippen LogP contribution >= 0.6 is 0 Å². The Bertz CT molecular complexity index is 1200. The Morgan fingerprint density at radius 1 is 0.955 bits per heavy atom. The highest BCUT2D eigenvalue weighted by atomic mass is 28.4. The SMILES string of the molecule is C=C[C@@H]1O[C@H](COCc2ccccc2)[C@@H](OCc2ccccc2)C/C=C\C[C@H]1O/C(=C\C(=O)OC)CO[Si](C)(C)C(C)(C)C. The first kappa shape index (κ1) is 35.5. The molecule has 0 radical (unpaired) electrons. The van der Waals surface area contributed by atoms with E-state index in [0.29, 0.717) is 38.4 Å². The average Bonchev–Trinajstić information content (AvgIpc) is 3.08. The predicted octanol–water partition coefficient (Wildman–Crippen LogP) is 7.54. The molecule has 0 fully saturated rings. The summed E-state index contributed by atoms with van der Waals surface area (Å²) in [5.41, 5.74) is 2.17. The lowest BCUT2D eigenvalue weighted by Crippen LogP contribution is -2.43. The van der Waals surface area contributed by atoms with Crippen LogP contribution in [-0.4, -0.2) is 59.0 Å². The highest BCUT2D eigenvalue weighted by Crippen LogP contribution is 2.37. The summed E-state index contributed by atoms with van der Waals surface area (Å²) < 4.78 is 37.1. The predicted molar refractivity (Wildman–Crippen MR) is 176 cm³/mol. The zero-order valence-corrected chi connectivity index (χ0v) is 28.2. The van der Waals surface area contributed by atoms with E-state index in [0.717, 1.165) is 11.1 Å². The minimum absolute atomic E-state index is 0.00123. The topological polar surface area (TPSA) is 72.5 Å². The molecule has 2 aromatic rings. The zero-order valence-electron chi connectivity index (χ0n) is 27.2. The molecule has 0 spiro atoms. The molecule has 240 valence electrons. The van der Waals surface area contributed by atoms with Gasteiger partial charge in [-0.1, -0.05) is 99.7 Å². The Balaban J connectivity index is 1.81. The molecule has 4 atom stereocenters. The lowest BCUT2D eigenvalue weighted by Gasteiger charge is -2.37. The summed E-state index contributed by atoms with van der Waals surface area (Å²) in [6.07, 6.45) is 6.79. The quantitative estimate of drug-likeness (QED) is 0.0709. The van der Waals surface area contributed by atoms with Gasteiger partial charge in [-0.15, -0.1) is 6.58 Å². The van der Waals surface area contributed by atoms with Crippen molar-refractivity contribution in [2.24, 2.45) is 0 Å². The van der Waals surface area contributed by atoms with E-state index in [1.54, 1.807) is 6.08 Å². The molecule has 0 saturated heterocycles. The van der Waals surface area contributed by atoms with E-state index in [1.807, 2.05) is 60.7 Å². The van der Waals surface area contributed by atoms with Crippen LogP contribution in [0, 0.1) is 0 Å². The normalized spacial score (nSPS) is 22.3. The fourth-order valence-corrected chi connectivity index (χ4v) is 5.31. The van der Waals surface area contributed by atoms with E-state index >= 15 is 0 Å². The van der Waals surface area contributed by atoms with Crippen molar-refractivity contribution in [3.05, 3.63) is 108 Å². The van der Waals surface area contributed by atoms with E-state index < -0.39 is 32.6 Å². The number of carbonyl (C=O) groups is 1. The maximum atomic E-state index is 12.3. The smallest absolute Gasteiger partial charge is 0.333 e. The van der Waals surface area contributed by atoms with Crippen LogP contribution in [0.2, 0.25) is 18.1 Å². The second-order valence-corrected chi connectivity index (χ2v) is 17.3. The van der Waals surface area contributed by atoms with Gasteiger partial charge in [0, 0.05) is 6.42 Å². The van der Waals surface area contributed by atoms with Gasteiger partial charge in [0.1, 0.15) is 24.1 Å². The van der Waals surface area contributed by atoms with Crippen LogP contribution in [0.4, 0.5) is 0 Å². The summed E-state index contributed by atoms with van der Waals surface area (Å²) in [6, 6.07) is 20.1. The Morgan fingerprint density at radius 2 is 1.55 bits per heavy atom. The van der Waals surface area contributed by atoms with E-state index in [4.69, 9.17) is 28.1 Å². The van der Waals surface area contributed by atoms with Crippen LogP contribution < -0.4 is 0 Å². The van der Waals surface area contributed by atoms with E-state index in [-0.39, 0.29) is 17.7 Å². The van der Waals surface area contributed by atoms with Gasteiger partial charge in [0.2, 0.25) is 0 Å². The van der Waals surface area contributed by atoms with Crippen molar-refractivity contribution in [1.82, 2.24) is 0 Å². The molecule has 0 aliphatic carbocycles. The molecule has 44 heavy (non-hydrogen) atoms. The standard InChI is InChI=1S/C36H50O7Si/c1-8-31-33(42-30(23-35(37)38-5)26-41-44(6,7)36(2,3)4)22-16-15-21-32(40-25-29-19-13-10-14-20-29)34(43-31)27-39-24-28-17-11-9-12-18-28/h8-20,23,31-34H,1,21-22,24-27H2,2-7H3/b16-15-,30-23-/t31-,32-,33+,34+/m0/s1. The van der Waals surface area contributed by atoms with E-state index in [9.17, 15) is 4.79 Å². The number of rotatable bonds is 14. The third kappa shape index (κ3) is 11.5. The highest BCUT2D eigenvalue weighted by Gasteiger charge is 2.38. The third-order valence-corrected chi connectivity index (χ3v) is 12.6. The molecule has 0 saturated carbocycles. The van der Waals surface area contributed by atoms with Crippen molar-refractivity contribution in [3.63, 3.8) is 0 Å². The summed E-state index contributed by atoms with van der Waals surface area (Å²) in [5, 5.41) is -0.00123. The van der Waals surface area contributed by atoms with Crippen LogP contribution in [0.15, 0.2) is 97.3 Å². The molecule has 3 rings (SSSR count).